The first-order chi connectivity index (χ1) is 6.97. The normalized spacial score (nSPS) is 11.5. The van der Waals surface area contributed by atoms with E-state index in [2.05, 4.69) is 0 Å². The molecule has 1 N–H and O–H groups in total. The summed E-state index contributed by atoms with van der Waals surface area (Å²) in [6.45, 7) is 0.263. The second-order valence-corrected chi connectivity index (χ2v) is 4.30. The maximum Gasteiger partial charge on any atom is 0.316 e. The summed E-state index contributed by atoms with van der Waals surface area (Å²) in [4.78, 5) is 22.7. The third-order valence-electron chi connectivity index (χ3n) is 1.55. The first-order valence-electron chi connectivity index (χ1n) is 4.15. The van der Waals surface area contributed by atoms with Crippen molar-refractivity contribution in [2.45, 2.75) is 6.42 Å². The number of aliphatic carboxylic acids is 1. The minimum absolute atomic E-state index is 0.202. The third kappa shape index (κ3) is 6.62. The zero-order chi connectivity index (χ0) is 11.8. The van der Waals surface area contributed by atoms with Crippen molar-refractivity contribution in [1.29, 1.82) is 5.26 Å². The maximum absolute atomic E-state index is 11.3. The molecule has 0 fully saturated rings. The van der Waals surface area contributed by atoms with Crippen LogP contribution in [-0.4, -0.2) is 51.2 Å². The number of carbonyl (C=O) groups excluding carboxylic acids is 1. The van der Waals surface area contributed by atoms with Crippen LogP contribution in [0.5, 0.6) is 0 Å². The second-order valence-electron chi connectivity index (χ2n) is 2.85. The number of carboxylic acid groups (broad SMARTS) is 1. The predicted molar refractivity (Wildman–Crippen MR) is 53.4 cm³/mol. The van der Waals surface area contributed by atoms with Crippen molar-refractivity contribution in [2.24, 2.45) is 0 Å². The Kier molecular flexibility index (Phi) is 6.29. The average Bonchev–Trinajstić information content (AvgIpc) is 2.12. The van der Waals surface area contributed by atoms with Gasteiger partial charge in [-0.3, -0.25) is 13.8 Å². The van der Waals surface area contributed by atoms with Gasteiger partial charge in [-0.2, -0.15) is 5.26 Å². The van der Waals surface area contributed by atoms with Gasteiger partial charge in [-0.15, -0.1) is 0 Å². The van der Waals surface area contributed by atoms with Gasteiger partial charge in [-0.1, -0.05) is 0 Å². The van der Waals surface area contributed by atoms with Gasteiger partial charge in [0.15, 0.2) is 0 Å². The maximum atomic E-state index is 11.3. The predicted octanol–water partition coefficient (Wildman–Crippen LogP) is -0.808. The molecular weight excluding hydrogens is 220 g/mol. The van der Waals surface area contributed by atoms with Crippen LogP contribution in [0.1, 0.15) is 6.42 Å². The molecule has 0 spiro atoms. The summed E-state index contributed by atoms with van der Waals surface area (Å²) in [5.74, 6) is -2.45. The van der Waals surface area contributed by atoms with Crippen LogP contribution in [0.25, 0.3) is 0 Å². The molecule has 0 bridgehead atoms. The van der Waals surface area contributed by atoms with E-state index in [-0.39, 0.29) is 18.7 Å². The molecule has 0 aliphatic carbocycles. The number of nitriles is 1. The number of carbonyl (C=O) groups is 2. The van der Waals surface area contributed by atoms with Crippen LogP contribution in [0.2, 0.25) is 0 Å². The molecule has 0 aromatic carbocycles. The number of nitrogens with zero attached hydrogens (tertiary/aromatic N) is 2. The topological polar surface area (TPSA) is 98.5 Å². The smallest absolute Gasteiger partial charge is 0.316 e. The highest BCUT2D eigenvalue weighted by molar-refractivity contribution is 7.86. The lowest BCUT2D eigenvalue weighted by Gasteiger charge is -2.14. The Morgan fingerprint density at radius 2 is 2.07 bits per heavy atom. The van der Waals surface area contributed by atoms with Gasteiger partial charge < -0.3 is 10.0 Å². The molecule has 0 rings (SSSR count). The van der Waals surface area contributed by atoms with Crippen LogP contribution in [0.4, 0.5) is 0 Å². The molecule has 0 aliphatic rings. The standard InChI is InChI=1S/C8H12N2O4S/c1-10(4-2-3-9)7(11)5-15(14)6-8(12)13/h2,4-6H2,1H3,(H,12,13). The molecule has 0 saturated carbocycles. The number of hydrogen-bond donors (Lipinski definition) is 1. The fraction of sp³-hybridized carbons (Fsp3) is 0.625. The summed E-state index contributed by atoms with van der Waals surface area (Å²) in [5.41, 5.74) is 0. The Labute approximate surface area is 89.9 Å². The van der Waals surface area contributed by atoms with Gasteiger partial charge >= 0.3 is 5.97 Å². The van der Waals surface area contributed by atoms with Gasteiger partial charge in [-0.05, 0) is 0 Å². The summed E-state index contributed by atoms with van der Waals surface area (Å²) in [5, 5.41) is 16.6. The number of hydrogen-bond acceptors (Lipinski definition) is 4. The molecule has 1 atom stereocenters. The quantitative estimate of drug-likeness (QED) is 0.646. The minimum atomic E-state index is -1.68. The van der Waals surface area contributed by atoms with Crippen molar-refractivity contribution in [2.75, 3.05) is 25.1 Å². The molecule has 7 heteroatoms. The summed E-state index contributed by atoms with van der Waals surface area (Å²) in [6, 6.07) is 1.88. The first kappa shape index (κ1) is 13.6. The van der Waals surface area contributed by atoms with Gasteiger partial charge in [0, 0.05) is 24.4 Å². The first-order valence-corrected chi connectivity index (χ1v) is 5.64. The van der Waals surface area contributed by atoms with Crippen molar-refractivity contribution in [1.82, 2.24) is 4.90 Å². The fourth-order valence-corrected chi connectivity index (χ4v) is 1.65. The molecule has 6 nitrogen and oxygen atoms in total. The van der Waals surface area contributed by atoms with E-state index in [1.807, 2.05) is 6.07 Å². The molecule has 84 valence electrons. The Morgan fingerprint density at radius 1 is 1.47 bits per heavy atom. The van der Waals surface area contributed by atoms with Crippen LogP contribution in [0.3, 0.4) is 0 Å². The van der Waals surface area contributed by atoms with Gasteiger partial charge in [-0.25, -0.2) is 0 Å². The zero-order valence-electron chi connectivity index (χ0n) is 8.30. The Balaban J connectivity index is 3.97. The van der Waals surface area contributed by atoms with Crippen LogP contribution in [0.15, 0.2) is 0 Å². The minimum Gasteiger partial charge on any atom is -0.481 e. The summed E-state index contributed by atoms with van der Waals surface area (Å²) in [7, 11) is -0.196. The van der Waals surface area contributed by atoms with Gasteiger partial charge in [0.05, 0.1) is 12.5 Å². The fourth-order valence-electron chi connectivity index (χ4n) is 0.779. The molecule has 0 heterocycles. The van der Waals surface area contributed by atoms with E-state index < -0.39 is 28.4 Å². The Bertz CT molecular complexity index is 310. The highest BCUT2D eigenvalue weighted by Gasteiger charge is 2.14. The van der Waals surface area contributed by atoms with Gasteiger partial charge in [0.1, 0.15) is 11.5 Å². The van der Waals surface area contributed by atoms with Crippen molar-refractivity contribution in [3.05, 3.63) is 0 Å². The van der Waals surface area contributed by atoms with E-state index in [1.54, 1.807) is 0 Å². The molecule has 1 amide bonds. The molecular formula is C8H12N2O4S. The van der Waals surface area contributed by atoms with E-state index in [0.29, 0.717) is 0 Å². The van der Waals surface area contributed by atoms with Crippen LogP contribution in [-0.2, 0) is 20.4 Å². The SMILES string of the molecule is CN(CCC#N)C(=O)CS(=O)CC(=O)O. The largest absolute Gasteiger partial charge is 0.481 e. The molecule has 0 saturated heterocycles. The van der Waals surface area contributed by atoms with E-state index in [1.165, 1.54) is 11.9 Å². The van der Waals surface area contributed by atoms with E-state index in [9.17, 15) is 13.8 Å². The van der Waals surface area contributed by atoms with Crippen molar-refractivity contribution in [3.8, 4) is 6.07 Å². The molecule has 0 radical (unpaired) electrons. The van der Waals surface area contributed by atoms with Gasteiger partial charge in [0.25, 0.3) is 0 Å². The van der Waals surface area contributed by atoms with E-state index in [4.69, 9.17) is 10.4 Å². The lowest BCUT2D eigenvalue weighted by Crippen LogP contribution is -2.32. The third-order valence-corrected chi connectivity index (χ3v) is 2.69. The lowest BCUT2D eigenvalue weighted by atomic mass is 10.4. The molecule has 0 aromatic heterocycles. The van der Waals surface area contributed by atoms with Crippen molar-refractivity contribution in [3.63, 3.8) is 0 Å². The van der Waals surface area contributed by atoms with Crippen molar-refractivity contribution < 1.29 is 18.9 Å². The van der Waals surface area contributed by atoms with Crippen LogP contribution >= 0.6 is 0 Å². The van der Waals surface area contributed by atoms with E-state index in [0.717, 1.165) is 0 Å². The van der Waals surface area contributed by atoms with Crippen LogP contribution in [0, 0.1) is 11.3 Å². The number of carboxylic acids is 1. The summed E-state index contributed by atoms with van der Waals surface area (Å²) < 4.78 is 11.1. The Morgan fingerprint density at radius 3 is 2.53 bits per heavy atom. The highest BCUT2D eigenvalue weighted by atomic mass is 32.2. The molecule has 15 heavy (non-hydrogen) atoms. The Hall–Kier alpha value is -1.42. The van der Waals surface area contributed by atoms with Crippen molar-refractivity contribution >= 4 is 22.7 Å². The average molecular weight is 232 g/mol. The number of amides is 1. The lowest BCUT2D eigenvalue weighted by molar-refractivity contribution is -0.134. The van der Waals surface area contributed by atoms with Gasteiger partial charge in [0.2, 0.25) is 5.91 Å². The summed E-state index contributed by atoms with van der Waals surface area (Å²) >= 11 is 0. The molecule has 0 aliphatic heterocycles. The highest BCUT2D eigenvalue weighted by Crippen LogP contribution is 1.92. The zero-order valence-corrected chi connectivity index (χ0v) is 9.12. The second kappa shape index (κ2) is 6.95. The number of rotatable bonds is 6. The summed E-state index contributed by atoms with van der Waals surface area (Å²) in [6.07, 6.45) is 0.202. The van der Waals surface area contributed by atoms with Crippen LogP contribution < -0.4 is 0 Å². The monoisotopic (exact) mass is 232 g/mol. The van der Waals surface area contributed by atoms with E-state index >= 15 is 0 Å². The molecule has 1 unspecified atom stereocenters. The molecule has 0 aromatic rings.